The largest absolute Gasteiger partial charge is 0.481 e. The molecule has 3 N–H and O–H groups in total. The first-order valence-electron chi connectivity index (χ1n) is 14.5. The normalized spacial score (nSPS) is 15.8. The number of nitrogens with one attached hydrogen (secondary N) is 2. The summed E-state index contributed by atoms with van der Waals surface area (Å²) in [6, 6.07) is 11.8. The molecule has 2 aliphatic rings. The summed E-state index contributed by atoms with van der Waals surface area (Å²) in [5.41, 5.74) is 4.12. The molecule has 2 aromatic heterocycles. The molecule has 0 spiro atoms. The number of rotatable bonds is 10. The minimum atomic E-state index is -1.07. The summed E-state index contributed by atoms with van der Waals surface area (Å²) in [5.74, 6) is 0.858. The van der Waals surface area contributed by atoms with Crippen LogP contribution in [0.5, 0.6) is 0 Å². The molecule has 1 atom stereocenters. The molecule has 1 aromatic carbocycles. The van der Waals surface area contributed by atoms with Crippen molar-refractivity contribution >= 4 is 45.3 Å². The zero-order chi connectivity index (χ0) is 29.6. The number of carbonyl (C=O) groups excluding carboxylic acids is 1. The number of piperidine rings is 1. The standard InChI is InChI=1S/C31H37BrN6O4/c1-19-28(34-17-24(31(40)41)16-27(39)42-18-23-6-3-4-8-25(23)32)35-20(2)36-30(19)38-14-11-21(12-15-38)26-10-9-22-7-5-13-33-29(22)37-26/h3-4,6,8-10,21,24H,5,7,11-18H2,1-2H3,(H,33,37)(H,40,41)(H,34,35,36)/t24-/m0/s1. The van der Waals surface area contributed by atoms with Gasteiger partial charge in [0.05, 0.1) is 12.3 Å². The van der Waals surface area contributed by atoms with Gasteiger partial charge in [-0.3, -0.25) is 9.59 Å². The van der Waals surface area contributed by atoms with Gasteiger partial charge in [0.2, 0.25) is 0 Å². The second-order valence-electron chi connectivity index (χ2n) is 11.0. The van der Waals surface area contributed by atoms with E-state index in [-0.39, 0.29) is 19.6 Å². The van der Waals surface area contributed by atoms with Crippen LogP contribution in [-0.4, -0.2) is 58.2 Å². The summed E-state index contributed by atoms with van der Waals surface area (Å²) < 4.78 is 6.18. The van der Waals surface area contributed by atoms with Gasteiger partial charge in [-0.25, -0.2) is 15.0 Å². The minimum absolute atomic E-state index is 0.0380. The monoisotopic (exact) mass is 636 g/mol. The molecule has 11 heteroatoms. The third kappa shape index (κ3) is 7.18. The van der Waals surface area contributed by atoms with Gasteiger partial charge in [-0.2, -0.15) is 0 Å². The molecule has 0 radical (unpaired) electrons. The maximum absolute atomic E-state index is 12.5. The Kier molecular flexibility index (Phi) is 9.56. The summed E-state index contributed by atoms with van der Waals surface area (Å²) in [6.45, 7) is 6.55. The average molecular weight is 638 g/mol. The Morgan fingerprint density at radius 1 is 1.14 bits per heavy atom. The molecule has 0 amide bonds. The lowest BCUT2D eigenvalue weighted by molar-refractivity contribution is -0.152. The predicted molar refractivity (Wildman–Crippen MR) is 165 cm³/mol. The van der Waals surface area contributed by atoms with E-state index in [1.165, 1.54) is 5.56 Å². The number of benzene rings is 1. The molecule has 3 aromatic rings. The lowest BCUT2D eigenvalue weighted by Gasteiger charge is -2.34. The topological polar surface area (TPSA) is 130 Å². The molecular weight excluding hydrogens is 600 g/mol. The van der Waals surface area contributed by atoms with E-state index in [1.807, 2.05) is 38.1 Å². The molecule has 0 unspecified atom stereocenters. The SMILES string of the molecule is Cc1nc(NC[C@H](CC(=O)OCc2ccccc2Br)C(=O)O)c(C)c(N2CCC(c3ccc4c(n3)NCCC4)CC2)n1. The number of esters is 1. The van der Waals surface area contributed by atoms with Gasteiger partial charge in [-0.1, -0.05) is 40.2 Å². The van der Waals surface area contributed by atoms with Crippen LogP contribution < -0.4 is 15.5 Å². The van der Waals surface area contributed by atoms with Gasteiger partial charge in [-0.15, -0.1) is 0 Å². The maximum Gasteiger partial charge on any atom is 0.308 e. The third-order valence-corrected chi connectivity index (χ3v) is 8.76. The van der Waals surface area contributed by atoms with Crippen LogP contribution in [0.1, 0.15) is 59.8 Å². The zero-order valence-electron chi connectivity index (χ0n) is 24.0. The minimum Gasteiger partial charge on any atom is -0.481 e. The zero-order valence-corrected chi connectivity index (χ0v) is 25.6. The number of ether oxygens (including phenoxy) is 1. The molecule has 0 saturated carbocycles. The van der Waals surface area contributed by atoms with Crippen LogP contribution in [0, 0.1) is 19.8 Å². The number of aliphatic carboxylic acids is 1. The van der Waals surface area contributed by atoms with Crippen molar-refractivity contribution in [1.82, 2.24) is 15.0 Å². The Balaban J connectivity index is 1.19. The van der Waals surface area contributed by atoms with Gasteiger partial charge in [0.25, 0.3) is 0 Å². The number of aromatic nitrogens is 3. The van der Waals surface area contributed by atoms with Crippen molar-refractivity contribution in [3.05, 3.63) is 69.1 Å². The van der Waals surface area contributed by atoms with Crippen molar-refractivity contribution in [2.24, 2.45) is 5.92 Å². The highest BCUT2D eigenvalue weighted by Crippen LogP contribution is 2.33. The molecule has 1 fully saturated rings. The Bertz CT molecular complexity index is 1440. The summed E-state index contributed by atoms with van der Waals surface area (Å²) >= 11 is 3.43. The molecule has 0 aliphatic carbocycles. The number of fused-ring (bicyclic) bond motifs is 1. The summed E-state index contributed by atoms with van der Waals surface area (Å²) in [6.07, 6.45) is 3.93. The van der Waals surface area contributed by atoms with Crippen molar-refractivity contribution in [3.63, 3.8) is 0 Å². The van der Waals surface area contributed by atoms with Crippen LogP contribution in [0.4, 0.5) is 17.5 Å². The van der Waals surface area contributed by atoms with Crippen LogP contribution in [0.3, 0.4) is 0 Å². The summed E-state index contributed by atoms with van der Waals surface area (Å²) in [7, 11) is 0. The lowest BCUT2D eigenvalue weighted by Crippen LogP contribution is -2.35. The van der Waals surface area contributed by atoms with E-state index in [2.05, 4.69) is 48.6 Å². The predicted octanol–water partition coefficient (Wildman–Crippen LogP) is 5.24. The van der Waals surface area contributed by atoms with E-state index < -0.39 is 17.9 Å². The average Bonchev–Trinajstić information content (AvgIpc) is 3.00. The molecule has 4 heterocycles. The number of carbonyl (C=O) groups is 2. The highest BCUT2D eigenvalue weighted by atomic mass is 79.9. The lowest BCUT2D eigenvalue weighted by atomic mass is 9.92. The molecule has 5 rings (SSSR count). The number of hydrogen-bond acceptors (Lipinski definition) is 9. The van der Waals surface area contributed by atoms with E-state index in [1.54, 1.807) is 0 Å². The van der Waals surface area contributed by atoms with Gasteiger partial charge in [0, 0.05) is 53.4 Å². The van der Waals surface area contributed by atoms with Gasteiger partial charge in [-0.05, 0) is 57.2 Å². The first-order valence-corrected chi connectivity index (χ1v) is 15.3. The van der Waals surface area contributed by atoms with Crippen LogP contribution >= 0.6 is 15.9 Å². The Hall–Kier alpha value is -3.73. The number of carboxylic acids is 1. The number of aryl methyl sites for hydroxylation is 2. The van der Waals surface area contributed by atoms with Crippen LogP contribution in [0.2, 0.25) is 0 Å². The fourth-order valence-electron chi connectivity index (χ4n) is 5.55. The quantitative estimate of drug-likeness (QED) is 0.254. The fourth-order valence-corrected chi connectivity index (χ4v) is 5.95. The number of nitrogens with zero attached hydrogens (tertiary/aromatic N) is 4. The second-order valence-corrected chi connectivity index (χ2v) is 11.8. The number of hydrogen-bond donors (Lipinski definition) is 3. The Morgan fingerprint density at radius 2 is 1.93 bits per heavy atom. The van der Waals surface area contributed by atoms with Crippen LogP contribution in [0.15, 0.2) is 40.9 Å². The highest BCUT2D eigenvalue weighted by molar-refractivity contribution is 9.10. The maximum atomic E-state index is 12.5. The molecule has 0 bridgehead atoms. The molecule has 10 nitrogen and oxygen atoms in total. The highest BCUT2D eigenvalue weighted by Gasteiger charge is 2.27. The molecule has 42 heavy (non-hydrogen) atoms. The van der Waals surface area contributed by atoms with Gasteiger partial charge in [0.15, 0.2) is 0 Å². The molecular formula is C31H37BrN6O4. The Morgan fingerprint density at radius 3 is 2.69 bits per heavy atom. The summed E-state index contributed by atoms with van der Waals surface area (Å²) in [4.78, 5) is 40.9. The van der Waals surface area contributed by atoms with Crippen molar-refractivity contribution < 1.29 is 19.4 Å². The van der Waals surface area contributed by atoms with Crippen LogP contribution in [0.25, 0.3) is 0 Å². The fraction of sp³-hybridized carbons (Fsp3) is 0.452. The van der Waals surface area contributed by atoms with Crippen LogP contribution in [-0.2, 0) is 27.4 Å². The molecule has 2 aliphatic heterocycles. The molecule has 222 valence electrons. The van der Waals surface area contributed by atoms with E-state index >= 15 is 0 Å². The van der Waals surface area contributed by atoms with Crippen molar-refractivity contribution in [2.75, 3.05) is 41.7 Å². The van der Waals surface area contributed by atoms with Crippen molar-refractivity contribution in [2.45, 2.75) is 58.5 Å². The van der Waals surface area contributed by atoms with Gasteiger partial charge < -0.3 is 25.4 Å². The second kappa shape index (κ2) is 13.5. The van der Waals surface area contributed by atoms with E-state index in [0.717, 1.165) is 78.2 Å². The van der Waals surface area contributed by atoms with Crippen molar-refractivity contribution in [3.8, 4) is 0 Å². The first kappa shape index (κ1) is 29.8. The third-order valence-electron chi connectivity index (χ3n) is 7.99. The van der Waals surface area contributed by atoms with Gasteiger partial charge in [0.1, 0.15) is 29.9 Å². The van der Waals surface area contributed by atoms with E-state index in [0.29, 0.717) is 17.6 Å². The Labute approximate surface area is 254 Å². The van der Waals surface area contributed by atoms with Crippen molar-refractivity contribution in [1.29, 1.82) is 0 Å². The van der Waals surface area contributed by atoms with Gasteiger partial charge >= 0.3 is 11.9 Å². The number of carboxylic acid groups (broad SMARTS) is 1. The van der Waals surface area contributed by atoms with E-state index in [4.69, 9.17) is 14.7 Å². The molecule has 1 saturated heterocycles. The number of anilines is 3. The first-order chi connectivity index (χ1) is 20.3. The van der Waals surface area contributed by atoms with E-state index in [9.17, 15) is 14.7 Å². The smallest absolute Gasteiger partial charge is 0.308 e. The number of halogens is 1. The number of pyridine rings is 1. The summed E-state index contributed by atoms with van der Waals surface area (Å²) in [5, 5.41) is 16.4.